The number of sulfonamides is 1. The van der Waals surface area contributed by atoms with Gasteiger partial charge < -0.3 is 30.3 Å². The first kappa shape index (κ1) is 49.6. The minimum Gasteiger partial charge on any atom is -0.367 e. The van der Waals surface area contributed by atoms with Crippen LogP contribution in [-0.2, 0) is 35.7 Å². The summed E-state index contributed by atoms with van der Waals surface area (Å²) in [6.45, 7) is 11.5. The number of carbonyl (C=O) groups is 5. The molecule has 5 aromatic rings. The van der Waals surface area contributed by atoms with Gasteiger partial charge in [-0.25, -0.2) is 27.2 Å². The standard InChI is InChI=1S/C48H57F2N9O7S2/c1-6-23-68(65,66)56-36-17-16-35(49)40(41(36)50)42(62)34-27-52-45-33(34)24-32(26-51-45)57-19-21-58(22-20-57)39(61)11-7-10-38(60)55-44(48(3,4)5)47(64)59-18-8-9-37(59)46(63)53-25-30-12-14-31(15-13-30)43-29(2)54-28-67-43/h12-17,24,26-28,37,44,56H,6-11,18-23,25H2,1-5H3,(H,51,52)(H,53,63)(H,55,60)/t37-,44+/m0/s1. The van der Waals surface area contributed by atoms with Crippen molar-refractivity contribution >= 4 is 73.2 Å². The van der Waals surface area contributed by atoms with E-state index >= 15 is 4.39 Å². The smallest absolute Gasteiger partial charge is 0.246 e. The van der Waals surface area contributed by atoms with Crippen molar-refractivity contribution in [3.63, 3.8) is 0 Å². The zero-order valence-corrected chi connectivity index (χ0v) is 40.4. The molecule has 0 aliphatic carbocycles. The lowest BCUT2D eigenvalue weighted by molar-refractivity contribution is -0.144. The number of benzene rings is 2. The zero-order chi connectivity index (χ0) is 48.9. The third kappa shape index (κ3) is 11.3. The summed E-state index contributed by atoms with van der Waals surface area (Å²) < 4.78 is 57.3. The van der Waals surface area contributed by atoms with Gasteiger partial charge in [0.25, 0.3) is 0 Å². The molecule has 20 heteroatoms. The highest BCUT2D eigenvalue weighted by atomic mass is 32.2. The lowest BCUT2D eigenvalue weighted by Crippen LogP contribution is -2.57. The van der Waals surface area contributed by atoms with Gasteiger partial charge in [0, 0.05) is 69.3 Å². The summed E-state index contributed by atoms with van der Waals surface area (Å²) in [5.74, 6) is -4.83. The lowest BCUT2D eigenvalue weighted by Gasteiger charge is -2.36. The number of amides is 4. The van der Waals surface area contributed by atoms with E-state index in [4.69, 9.17) is 0 Å². The van der Waals surface area contributed by atoms with Crippen LogP contribution in [0.25, 0.3) is 21.5 Å². The highest BCUT2D eigenvalue weighted by molar-refractivity contribution is 7.92. The third-order valence-corrected chi connectivity index (χ3v) is 14.7. The molecule has 2 fully saturated rings. The summed E-state index contributed by atoms with van der Waals surface area (Å²) in [4.78, 5) is 85.7. The number of rotatable bonds is 17. The number of piperazine rings is 1. The van der Waals surface area contributed by atoms with Crippen LogP contribution in [0.15, 0.2) is 60.4 Å². The Kier molecular flexibility index (Phi) is 15.3. The number of H-pyrrole nitrogens is 1. The molecule has 362 valence electrons. The predicted octanol–water partition coefficient (Wildman–Crippen LogP) is 6.31. The number of carbonyl (C=O) groups excluding carboxylic acids is 5. The van der Waals surface area contributed by atoms with Gasteiger partial charge in [0.05, 0.1) is 45.0 Å². The Hall–Kier alpha value is -6.28. The Morgan fingerprint density at radius 3 is 2.38 bits per heavy atom. The Bertz CT molecular complexity index is 2800. The number of anilines is 2. The van der Waals surface area contributed by atoms with Crippen molar-refractivity contribution in [2.75, 3.05) is 48.1 Å². The van der Waals surface area contributed by atoms with E-state index in [1.54, 1.807) is 40.3 Å². The van der Waals surface area contributed by atoms with E-state index in [2.05, 4.69) is 30.3 Å². The number of hydrogen-bond acceptors (Lipinski definition) is 11. The Labute approximate surface area is 398 Å². The van der Waals surface area contributed by atoms with E-state index in [1.165, 1.54) is 6.20 Å². The van der Waals surface area contributed by atoms with Gasteiger partial charge in [-0.2, -0.15) is 0 Å². The lowest BCUT2D eigenvalue weighted by atomic mass is 9.85. The van der Waals surface area contributed by atoms with E-state index in [-0.39, 0.29) is 60.6 Å². The fourth-order valence-corrected chi connectivity index (χ4v) is 10.5. The number of pyridine rings is 1. The van der Waals surface area contributed by atoms with E-state index in [0.717, 1.165) is 33.8 Å². The van der Waals surface area contributed by atoms with Crippen molar-refractivity contribution in [2.45, 2.75) is 91.8 Å². The molecule has 2 atom stereocenters. The summed E-state index contributed by atoms with van der Waals surface area (Å²) in [5.41, 5.74) is 3.51. The first-order valence-corrected chi connectivity index (χ1v) is 25.3. The molecule has 2 aromatic carbocycles. The van der Waals surface area contributed by atoms with Crippen molar-refractivity contribution in [3.8, 4) is 10.4 Å². The number of aromatic nitrogens is 3. The molecule has 0 radical (unpaired) electrons. The van der Waals surface area contributed by atoms with Crippen LogP contribution in [-0.4, -0.2) is 113 Å². The van der Waals surface area contributed by atoms with Crippen LogP contribution in [0.1, 0.15) is 93.4 Å². The average molecular weight is 974 g/mol. The maximum Gasteiger partial charge on any atom is 0.246 e. The third-order valence-electron chi connectivity index (χ3n) is 12.3. The summed E-state index contributed by atoms with van der Waals surface area (Å²) in [5, 5.41) is 6.21. The molecule has 2 aliphatic rings. The minimum absolute atomic E-state index is 0.0206. The first-order chi connectivity index (χ1) is 32.3. The Morgan fingerprint density at radius 2 is 1.71 bits per heavy atom. The monoisotopic (exact) mass is 973 g/mol. The van der Waals surface area contributed by atoms with E-state index in [9.17, 15) is 36.8 Å². The van der Waals surface area contributed by atoms with Crippen molar-refractivity contribution in [1.82, 2.24) is 35.4 Å². The van der Waals surface area contributed by atoms with E-state index in [0.29, 0.717) is 68.8 Å². The highest BCUT2D eigenvalue weighted by Gasteiger charge is 2.42. The predicted molar refractivity (Wildman–Crippen MR) is 256 cm³/mol. The van der Waals surface area contributed by atoms with Crippen LogP contribution in [0.4, 0.5) is 20.2 Å². The summed E-state index contributed by atoms with van der Waals surface area (Å²) in [6.07, 6.45) is 4.72. The quantitative estimate of drug-likeness (QED) is 0.0764. The summed E-state index contributed by atoms with van der Waals surface area (Å²) in [6, 6.07) is 9.83. The normalized spacial score (nSPS) is 15.9. The molecule has 4 amide bonds. The molecule has 4 N–H and O–H groups in total. The van der Waals surface area contributed by atoms with Crippen molar-refractivity contribution < 1.29 is 41.2 Å². The van der Waals surface area contributed by atoms with Crippen molar-refractivity contribution in [1.29, 1.82) is 0 Å². The van der Waals surface area contributed by atoms with Crippen molar-refractivity contribution in [3.05, 3.63) is 94.4 Å². The van der Waals surface area contributed by atoms with Crippen LogP contribution in [0, 0.1) is 24.0 Å². The molecular formula is C48H57F2N9O7S2. The molecular weight excluding hydrogens is 917 g/mol. The Morgan fingerprint density at radius 1 is 0.971 bits per heavy atom. The molecule has 0 spiro atoms. The fourth-order valence-electron chi connectivity index (χ4n) is 8.60. The maximum absolute atomic E-state index is 15.5. The molecule has 3 aromatic heterocycles. The molecule has 5 heterocycles. The van der Waals surface area contributed by atoms with E-state index in [1.807, 2.05) is 62.4 Å². The fraction of sp³-hybridized carbons (Fsp3) is 0.438. The van der Waals surface area contributed by atoms with Crippen LogP contribution < -0.4 is 20.3 Å². The van der Waals surface area contributed by atoms with E-state index < -0.39 is 56.2 Å². The van der Waals surface area contributed by atoms with Crippen molar-refractivity contribution in [2.24, 2.45) is 5.41 Å². The SMILES string of the molecule is CCCS(=O)(=O)Nc1ccc(F)c(C(=O)c2c[nH]c3ncc(N4CCN(C(=O)CCCC(=O)N[C@H](C(=O)N5CCC[C@H]5C(=O)NCc5ccc(-c6scnc6C)cc5)C(C)(C)C)CC4)cc23)c1F. The van der Waals surface area contributed by atoms with Gasteiger partial charge in [-0.1, -0.05) is 52.0 Å². The second kappa shape index (κ2) is 20.9. The van der Waals surface area contributed by atoms with Gasteiger partial charge in [-0.3, -0.25) is 28.7 Å². The number of ketones is 1. The van der Waals surface area contributed by atoms with Gasteiger partial charge in [-0.15, -0.1) is 11.3 Å². The van der Waals surface area contributed by atoms with Gasteiger partial charge in [0.2, 0.25) is 39.4 Å². The Balaban J connectivity index is 0.891. The number of nitrogens with one attached hydrogen (secondary N) is 4. The molecule has 68 heavy (non-hydrogen) atoms. The molecule has 7 rings (SSSR count). The topological polar surface area (TPSA) is 207 Å². The molecule has 2 aliphatic heterocycles. The molecule has 0 saturated carbocycles. The van der Waals surface area contributed by atoms with Gasteiger partial charge in [0.1, 0.15) is 23.5 Å². The molecule has 0 bridgehead atoms. The number of aryl methyl sites for hydroxylation is 1. The first-order valence-electron chi connectivity index (χ1n) is 22.7. The second-order valence-corrected chi connectivity index (χ2v) is 21.0. The number of thiazole rings is 1. The average Bonchev–Trinajstić information content (AvgIpc) is 4.08. The number of aromatic amines is 1. The van der Waals surface area contributed by atoms with Crippen LogP contribution in [0.3, 0.4) is 0 Å². The number of fused-ring (bicyclic) bond motifs is 1. The molecule has 2 saturated heterocycles. The largest absolute Gasteiger partial charge is 0.367 e. The van der Waals surface area contributed by atoms with Crippen LogP contribution in [0.5, 0.6) is 0 Å². The van der Waals surface area contributed by atoms with Crippen LogP contribution >= 0.6 is 11.3 Å². The number of halogens is 2. The number of hydrogen-bond donors (Lipinski definition) is 4. The van der Waals surface area contributed by atoms with Gasteiger partial charge in [-0.05, 0) is 67.3 Å². The van der Waals surface area contributed by atoms with Crippen LogP contribution in [0.2, 0.25) is 0 Å². The number of nitrogens with zero attached hydrogens (tertiary/aromatic N) is 5. The second-order valence-electron chi connectivity index (χ2n) is 18.3. The van der Waals surface area contributed by atoms with Gasteiger partial charge >= 0.3 is 0 Å². The minimum atomic E-state index is -3.92. The highest BCUT2D eigenvalue weighted by Crippen LogP contribution is 2.31. The number of likely N-dealkylation sites (tertiary alicyclic amines) is 1. The maximum atomic E-state index is 15.5. The summed E-state index contributed by atoms with van der Waals surface area (Å²) >= 11 is 1.57. The molecule has 16 nitrogen and oxygen atoms in total. The molecule has 0 unspecified atom stereocenters. The summed E-state index contributed by atoms with van der Waals surface area (Å²) in [7, 11) is -3.92. The zero-order valence-electron chi connectivity index (χ0n) is 38.8. The van der Waals surface area contributed by atoms with Gasteiger partial charge in [0.15, 0.2) is 5.82 Å².